The van der Waals surface area contributed by atoms with E-state index >= 15 is 0 Å². The van der Waals surface area contributed by atoms with Crippen LogP contribution in [0.1, 0.15) is 6.42 Å². The molecular weight excluding hydrogens is 356 g/mol. The first-order chi connectivity index (χ1) is 11.2. The molecule has 2 aromatic rings. The average molecular weight is 377 g/mol. The molecular formula is C18H21BrN2O2. The monoisotopic (exact) mass is 376 g/mol. The summed E-state index contributed by atoms with van der Waals surface area (Å²) in [6.07, 6.45) is 0.881. The van der Waals surface area contributed by atoms with Crippen molar-refractivity contribution in [2.45, 2.75) is 6.42 Å². The Hall–Kier alpha value is -2.01. The molecule has 0 heterocycles. The maximum absolute atomic E-state index is 11.8. The summed E-state index contributed by atoms with van der Waals surface area (Å²) in [5.74, 6) is 0.564. The molecule has 0 fully saturated rings. The average Bonchev–Trinajstić information content (AvgIpc) is 2.58. The third-order valence-electron chi connectivity index (χ3n) is 3.38. The van der Waals surface area contributed by atoms with E-state index in [-0.39, 0.29) is 12.5 Å². The molecule has 0 saturated carbocycles. The Morgan fingerprint density at radius 3 is 2.57 bits per heavy atom. The van der Waals surface area contributed by atoms with Gasteiger partial charge < -0.3 is 15.0 Å². The number of carbonyl (C=O) groups excluding carboxylic acids is 1. The Morgan fingerprint density at radius 2 is 1.83 bits per heavy atom. The number of ether oxygens (including phenoxy) is 1. The summed E-state index contributed by atoms with van der Waals surface area (Å²) in [4.78, 5) is 13.9. The van der Waals surface area contributed by atoms with Crippen molar-refractivity contribution >= 4 is 27.5 Å². The zero-order chi connectivity index (χ0) is 16.5. The molecule has 0 bridgehead atoms. The van der Waals surface area contributed by atoms with E-state index in [2.05, 4.69) is 38.3 Å². The molecule has 1 N–H and O–H groups in total. The van der Waals surface area contributed by atoms with Crippen LogP contribution >= 0.6 is 15.9 Å². The predicted molar refractivity (Wildman–Crippen MR) is 97.0 cm³/mol. The van der Waals surface area contributed by atoms with Crippen molar-refractivity contribution in [3.05, 3.63) is 59.1 Å². The predicted octanol–water partition coefficient (Wildman–Crippen LogP) is 3.47. The lowest BCUT2D eigenvalue weighted by Crippen LogP contribution is -2.31. The van der Waals surface area contributed by atoms with Gasteiger partial charge in [-0.05, 0) is 46.6 Å². The van der Waals surface area contributed by atoms with Gasteiger partial charge in [-0.25, -0.2) is 0 Å². The highest BCUT2D eigenvalue weighted by atomic mass is 79.9. The van der Waals surface area contributed by atoms with E-state index in [4.69, 9.17) is 4.74 Å². The molecule has 0 spiro atoms. The third-order valence-corrected chi connectivity index (χ3v) is 4.04. The van der Waals surface area contributed by atoms with Gasteiger partial charge in [-0.1, -0.05) is 30.3 Å². The first-order valence-electron chi connectivity index (χ1n) is 7.57. The van der Waals surface area contributed by atoms with E-state index < -0.39 is 0 Å². The van der Waals surface area contributed by atoms with Crippen LogP contribution in [-0.4, -0.2) is 32.7 Å². The van der Waals surface area contributed by atoms with Crippen molar-refractivity contribution in [1.29, 1.82) is 0 Å². The molecule has 122 valence electrons. The summed E-state index contributed by atoms with van der Waals surface area (Å²) in [5.41, 5.74) is 1.18. The Bertz CT molecular complexity index is 619. The normalized spacial score (nSPS) is 10.2. The van der Waals surface area contributed by atoms with E-state index in [9.17, 15) is 4.79 Å². The minimum atomic E-state index is -0.108. The van der Waals surface area contributed by atoms with Gasteiger partial charge in [-0.15, -0.1) is 0 Å². The highest BCUT2D eigenvalue weighted by molar-refractivity contribution is 9.10. The van der Waals surface area contributed by atoms with Gasteiger partial charge in [0, 0.05) is 25.8 Å². The molecule has 0 aliphatic heterocycles. The minimum Gasteiger partial charge on any atom is -0.483 e. The SMILES string of the molecule is CN(CCCNC(=O)COc1ccccc1Br)c1ccccc1. The van der Waals surface area contributed by atoms with Crippen molar-refractivity contribution in [3.8, 4) is 5.75 Å². The molecule has 0 aromatic heterocycles. The molecule has 0 radical (unpaired) electrons. The summed E-state index contributed by atoms with van der Waals surface area (Å²) in [6, 6.07) is 17.7. The van der Waals surface area contributed by atoms with Gasteiger partial charge in [0.1, 0.15) is 5.75 Å². The third kappa shape index (κ3) is 5.94. The second-order valence-electron chi connectivity index (χ2n) is 5.18. The van der Waals surface area contributed by atoms with E-state index in [1.807, 2.05) is 49.5 Å². The molecule has 0 unspecified atom stereocenters. The number of hydrogen-bond acceptors (Lipinski definition) is 3. The maximum atomic E-state index is 11.8. The van der Waals surface area contributed by atoms with Crippen LogP contribution in [-0.2, 0) is 4.79 Å². The van der Waals surface area contributed by atoms with Gasteiger partial charge in [0.15, 0.2) is 6.61 Å². The van der Waals surface area contributed by atoms with Crippen molar-refractivity contribution in [2.75, 3.05) is 31.6 Å². The zero-order valence-electron chi connectivity index (χ0n) is 13.2. The van der Waals surface area contributed by atoms with Crippen LogP contribution in [0.2, 0.25) is 0 Å². The molecule has 0 aliphatic carbocycles. The van der Waals surface area contributed by atoms with Crippen molar-refractivity contribution < 1.29 is 9.53 Å². The summed E-state index contributed by atoms with van der Waals surface area (Å²) in [6.45, 7) is 1.54. The molecule has 2 rings (SSSR count). The van der Waals surface area contributed by atoms with Crippen LogP contribution in [0.15, 0.2) is 59.1 Å². The Kier molecular flexibility index (Phi) is 6.94. The van der Waals surface area contributed by atoms with E-state index in [1.54, 1.807) is 0 Å². The summed E-state index contributed by atoms with van der Waals surface area (Å²) < 4.78 is 6.32. The van der Waals surface area contributed by atoms with Gasteiger partial charge >= 0.3 is 0 Å². The second-order valence-corrected chi connectivity index (χ2v) is 6.03. The molecule has 0 saturated heterocycles. The highest BCUT2D eigenvalue weighted by Crippen LogP contribution is 2.23. The number of hydrogen-bond donors (Lipinski definition) is 1. The fraction of sp³-hybridized carbons (Fsp3) is 0.278. The number of halogens is 1. The lowest BCUT2D eigenvalue weighted by atomic mass is 10.3. The van der Waals surface area contributed by atoms with Crippen LogP contribution < -0.4 is 15.0 Å². The van der Waals surface area contributed by atoms with Crippen LogP contribution in [0.3, 0.4) is 0 Å². The van der Waals surface area contributed by atoms with E-state index in [0.29, 0.717) is 12.3 Å². The Labute approximate surface area is 145 Å². The molecule has 1 amide bonds. The Morgan fingerprint density at radius 1 is 1.13 bits per heavy atom. The van der Waals surface area contributed by atoms with Crippen molar-refractivity contribution in [2.24, 2.45) is 0 Å². The number of benzene rings is 2. The van der Waals surface area contributed by atoms with Crippen molar-refractivity contribution in [1.82, 2.24) is 5.32 Å². The molecule has 5 heteroatoms. The van der Waals surface area contributed by atoms with Crippen LogP contribution in [0, 0.1) is 0 Å². The highest BCUT2D eigenvalue weighted by Gasteiger charge is 2.05. The first kappa shape index (κ1) is 17.3. The molecule has 2 aromatic carbocycles. The number of nitrogens with one attached hydrogen (secondary N) is 1. The van der Waals surface area contributed by atoms with Crippen molar-refractivity contribution in [3.63, 3.8) is 0 Å². The summed E-state index contributed by atoms with van der Waals surface area (Å²) >= 11 is 3.39. The molecule has 0 aliphatic rings. The standard InChI is InChI=1S/C18H21BrN2O2/c1-21(15-8-3-2-4-9-15)13-7-12-20-18(22)14-23-17-11-6-5-10-16(17)19/h2-6,8-11H,7,12-14H2,1H3,(H,20,22). The number of nitrogens with zero attached hydrogens (tertiary/aromatic N) is 1. The van der Waals surface area contributed by atoms with Crippen LogP contribution in [0.25, 0.3) is 0 Å². The summed E-state index contributed by atoms with van der Waals surface area (Å²) in [5, 5.41) is 2.87. The number of rotatable bonds is 8. The van der Waals surface area contributed by atoms with E-state index in [0.717, 1.165) is 17.4 Å². The fourth-order valence-electron chi connectivity index (χ4n) is 2.11. The van der Waals surface area contributed by atoms with Crippen LogP contribution in [0.4, 0.5) is 5.69 Å². The smallest absolute Gasteiger partial charge is 0.257 e. The Balaban J connectivity index is 1.62. The second kappa shape index (κ2) is 9.20. The van der Waals surface area contributed by atoms with Gasteiger partial charge in [0.2, 0.25) is 0 Å². The van der Waals surface area contributed by atoms with Gasteiger partial charge in [0.25, 0.3) is 5.91 Å². The number of amides is 1. The van der Waals surface area contributed by atoms with Crippen LogP contribution in [0.5, 0.6) is 5.75 Å². The lowest BCUT2D eigenvalue weighted by molar-refractivity contribution is -0.123. The molecule has 0 atom stereocenters. The first-order valence-corrected chi connectivity index (χ1v) is 8.36. The summed E-state index contributed by atoms with van der Waals surface area (Å²) in [7, 11) is 2.05. The zero-order valence-corrected chi connectivity index (χ0v) is 14.8. The van der Waals surface area contributed by atoms with E-state index in [1.165, 1.54) is 5.69 Å². The maximum Gasteiger partial charge on any atom is 0.257 e. The quantitative estimate of drug-likeness (QED) is 0.717. The lowest BCUT2D eigenvalue weighted by Gasteiger charge is -2.19. The topological polar surface area (TPSA) is 41.6 Å². The van der Waals surface area contributed by atoms with Gasteiger partial charge in [-0.2, -0.15) is 0 Å². The van der Waals surface area contributed by atoms with Gasteiger partial charge in [-0.3, -0.25) is 4.79 Å². The molecule has 23 heavy (non-hydrogen) atoms. The van der Waals surface area contributed by atoms with Gasteiger partial charge in [0.05, 0.1) is 4.47 Å². The minimum absolute atomic E-state index is 0.0249. The number of para-hydroxylation sites is 2. The fourth-order valence-corrected chi connectivity index (χ4v) is 2.51. The number of anilines is 1. The number of carbonyl (C=O) groups is 1. The largest absolute Gasteiger partial charge is 0.483 e. The molecule has 4 nitrogen and oxygen atoms in total.